The number of aromatic nitrogens is 4. The quantitative estimate of drug-likeness (QED) is 0.819. The van der Waals surface area contributed by atoms with Crippen LogP contribution in [0.3, 0.4) is 0 Å². The molecule has 1 aliphatic heterocycles. The number of anilines is 1. The van der Waals surface area contributed by atoms with Gasteiger partial charge in [0.25, 0.3) is 6.43 Å². The third-order valence-electron chi connectivity index (χ3n) is 5.14. The molecule has 27 heavy (non-hydrogen) atoms. The number of nitrogens with zero attached hydrogens (tertiary/aromatic N) is 6. The molecular formula is C18H22F2N6O. The van der Waals surface area contributed by atoms with Crippen LogP contribution in [0.15, 0.2) is 18.6 Å². The molecule has 0 radical (unpaired) electrons. The van der Waals surface area contributed by atoms with E-state index >= 15 is 0 Å². The first kappa shape index (κ1) is 17.8. The van der Waals surface area contributed by atoms with E-state index in [1.165, 1.54) is 12.4 Å². The number of amides is 1. The van der Waals surface area contributed by atoms with Gasteiger partial charge in [-0.1, -0.05) is 0 Å². The Morgan fingerprint density at radius 2 is 2.04 bits per heavy atom. The van der Waals surface area contributed by atoms with Crippen LogP contribution in [0, 0.1) is 5.92 Å². The summed E-state index contributed by atoms with van der Waals surface area (Å²) in [7, 11) is 1.73. The number of carbonyl (C=O) groups excluding carboxylic acids is 1. The van der Waals surface area contributed by atoms with E-state index in [0.717, 1.165) is 12.8 Å². The highest BCUT2D eigenvalue weighted by Gasteiger charge is 2.37. The highest BCUT2D eigenvalue weighted by Crippen LogP contribution is 2.33. The lowest BCUT2D eigenvalue weighted by Gasteiger charge is -2.40. The molecule has 1 saturated heterocycles. The molecule has 9 heteroatoms. The first-order valence-electron chi connectivity index (χ1n) is 9.13. The number of carbonyl (C=O) groups is 1. The Balaban J connectivity index is 1.58. The van der Waals surface area contributed by atoms with Crippen LogP contribution < -0.4 is 4.90 Å². The van der Waals surface area contributed by atoms with Gasteiger partial charge in [-0.2, -0.15) is 5.10 Å². The lowest BCUT2D eigenvalue weighted by molar-refractivity contribution is -0.134. The van der Waals surface area contributed by atoms with E-state index in [-0.39, 0.29) is 29.1 Å². The molecule has 1 saturated carbocycles. The topological polar surface area (TPSA) is 67.2 Å². The van der Waals surface area contributed by atoms with Crippen LogP contribution in [-0.2, 0) is 11.8 Å². The molecule has 1 aliphatic carbocycles. The molecule has 1 amide bonds. The fourth-order valence-corrected chi connectivity index (χ4v) is 3.50. The Hall–Kier alpha value is -2.58. The van der Waals surface area contributed by atoms with Crippen molar-refractivity contribution in [1.82, 2.24) is 24.6 Å². The standard InChI is InChI=1S/C18H22F2N6O/c1-11-9-25(5-6-26(11)17(27)12-3-4-12)18-21-8-14(16(19)20)15(23-18)13-7-22-24(2)10-13/h7-8,10-12,16H,3-6,9H2,1-2H3/t11-/m1/s1. The predicted molar refractivity (Wildman–Crippen MR) is 95.3 cm³/mol. The molecule has 7 nitrogen and oxygen atoms in total. The number of piperazine rings is 1. The third kappa shape index (κ3) is 3.50. The van der Waals surface area contributed by atoms with Crippen LogP contribution in [0.5, 0.6) is 0 Å². The van der Waals surface area contributed by atoms with Crippen molar-refractivity contribution in [3.05, 3.63) is 24.2 Å². The Morgan fingerprint density at radius 1 is 1.26 bits per heavy atom. The van der Waals surface area contributed by atoms with Gasteiger partial charge >= 0.3 is 0 Å². The third-order valence-corrected chi connectivity index (χ3v) is 5.14. The Kier molecular flexibility index (Phi) is 4.53. The summed E-state index contributed by atoms with van der Waals surface area (Å²) in [4.78, 5) is 24.8. The number of rotatable bonds is 4. The van der Waals surface area contributed by atoms with Crippen LogP contribution >= 0.6 is 0 Å². The summed E-state index contributed by atoms with van der Waals surface area (Å²) in [6.45, 7) is 3.77. The molecule has 144 valence electrons. The second-order valence-electron chi connectivity index (χ2n) is 7.28. The van der Waals surface area contributed by atoms with Gasteiger partial charge in [0.15, 0.2) is 0 Å². The number of hydrogen-bond acceptors (Lipinski definition) is 5. The van der Waals surface area contributed by atoms with Crippen molar-refractivity contribution < 1.29 is 13.6 Å². The molecule has 2 aromatic rings. The van der Waals surface area contributed by atoms with Gasteiger partial charge in [0, 0.05) is 56.6 Å². The second-order valence-corrected chi connectivity index (χ2v) is 7.28. The molecule has 3 heterocycles. The van der Waals surface area contributed by atoms with E-state index < -0.39 is 6.43 Å². The monoisotopic (exact) mass is 376 g/mol. The number of alkyl halides is 2. The van der Waals surface area contributed by atoms with Crippen molar-refractivity contribution in [3.8, 4) is 11.3 Å². The van der Waals surface area contributed by atoms with E-state index in [1.807, 2.05) is 16.7 Å². The van der Waals surface area contributed by atoms with E-state index in [1.54, 1.807) is 17.9 Å². The maximum absolute atomic E-state index is 13.4. The molecule has 0 spiro atoms. The molecule has 0 unspecified atom stereocenters. The van der Waals surface area contributed by atoms with Gasteiger partial charge in [0.05, 0.1) is 17.5 Å². The molecule has 4 rings (SSSR count). The minimum atomic E-state index is -2.67. The predicted octanol–water partition coefficient (Wildman–Crippen LogP) is 2.26. The lowest BCUT2D eigenvalue weighted by Crippen LogP contribution is -2.55. The van der Waals surface area contributed by atoms with Crippen LogP contribution in [0.4, 0.5) is 14.7 Å². The van der Waals surface area contributed by atoms with E-state index in [0.29, 0.717) is 31.1 Å². The largest absolute Gasteiger partial charge is 0.337 e. The molecule has 0 aromatic carbocycles. The second kappa shape index (κ2) is 6.86. The molecule has 0 bridgehead atoms. The Labute approximate surface area is 156 Å². The number of aryl methyl sites for hydroxylation is 1. The minimum Gasteiger partial charge on any atom is -0.337 e. The first-order valence-corrected chi connectivity index (χ1v) is 9.13. The summed E-state index contributed by atoms with van der Waals surface area (Å²) in [5.74, 6) is 0.827. The average Bonchev–Trinajstić information content (AvgIpc) is 3.41. The summed E-state index contributed by atoms with van der Waals surface area (Å²) < 4.78 is 28.4. The van der Waals surface area contributed by atoms with Crippen molar-refractivity contribution in [1.29, 1.82) is 0 Å². The zero-order chi connectivity index (χ0) is 19.1. The summed E-state index contributed by atoms with van der Waals surface area (Å²) in [5.41, 5.74) is 0.529. The summed E-state index contributed by atoms with van der Waals surface area (Å²) in [5, 5.41) is 4.05. The van der Waals surface area contributed by atoms with E-state index in [2.05, 4.69) is 15.1 Å². The molecular weight excluding hydrogens is 354 g/mol. The van der Waals surface area contributed by atoms with Crippen molar-refractivity contribution >= 4 is 11.9 Å². The molecule has 2 aliphatic rings. The summed E-state index contributed by atoms with van der Waals surface area (Å²) >= 11 is 0. The summed E-state index contributed by atoms with van der Waals surface area (Å²) in [6, 6.07) is 0.0343. The smallest absolute Gasteiger partial charge is 0.267 e. The molecule has 1 atom stereocenters. The highest BCUT2D eigenvalue weighted by molar-refractivity contribution is 5.81. The average molecular weight is 376 g/mol. The van der Waals surface area contributed by atoms with Crippen LogP contribution in [-0.4, -0.2) is 56.2 Å². The van der Waals surface area contributed by atoms with Crippen molar-refractivity contribution in [2.45, 2.75) is 32.2 Å². The normalized spacial score (nSPS) is 20.4. The fourth-order valence-electron chi connectivity index (χ4n) is 3.50. The fraction of sp³-hybridized carbons (Fsp3) is 0.556. The van der Waals surface area contributed by atoms with Gasteiger partial charge in [-0.05, 0) is 19.8 Å². The van der Waals surface area contributed by atoms with Crippen molar-refractivity contribution in [2.75, 3.05) is 24.5 Å². The zero-order valence-electron chi connectivity index (χ0n) is 15.3. The zero-order valence-corrected chi connectivity index (χ0v) is 15.3. The van der Waals surface area contributed by atoms with Crippen LogP contribution in [0.2, 0.25) is 0 Å². The van der Waals surface area contributed by atoms with Crippen molar-refractivity contribution in [3.63, 3.8) is 0 Å². The lowest BCUT2D eigenvalue weighted by atomic mass is 10.1. The molecule has 2 fully saturated rings. The summed E-state index contributed by atoms with van der Waals surface area (Å²) in [6.07, 6.45) is 3.68. The van der Waals surface area contributed by atoms with Gasteiger partial charge in [0.1, 0.15) is 0 Å². The minimum absolute atomic E-state index is 0.0343. The van der Waals surface area contributed by atoms with Gasteiger partial charge in [0.2, 0.25) is 11.9 Å². The Morgan fingerprint density at radius 3 is 2.63 bits per heavy atom. The maximum atomic E-state index is 13.4. The number of halogens is 2. The highest BCUT2D eigenvalue weighted by atomic mass is 19.3. The van der Waals surface area contributed by atoms with Crippen LogP contribution in [0.25, 0.3) is 11.3 Å². The van der Waals surface area contributed by atoms with Gasteiger partial charge in [-0.15, -0.1) is 0 Å². The van der Waals surface area contributed by atoms with E-state index in [9.17, 15) is 13.6 Å². The van der Waals surface area contributed by atoms with Gasteiger partial charge in [-0.25, -0.2) is 18.7 Å². The maximum Gasteiger partial charge on any atom is 0.267 e. The van der Waals surface area contributed by atoms with Crippen LogP contribution in [0.1, 0.15) is 31.8 Å². The van der Waals surface area contributed by atoms with E-state index in [4.69, 9.17) is 0 Å². The van der Waals surface area contributed by atoms with Gasteiger partial charge in [-0.3, -0.25) is 9.48 Å². The van der Waals surface area contributed by atoms with Crippen molar-refractivity contribution in [2.24, 2.45) is 13.0 Å². The molecule has 2 aromatic heterocycles. The molecule has 0 N–H and O–H groups in total. The SMILES string of the molecule is C[C@@H]1CN(c2ncc(C(F)F)c(-c3cnn(C)c3)n2)CCN1C(=O)C1CC1. The number of hydrogen-bond donors (Lipinski definition) is 0. The first-order chi connectivity index (χ1) is 12.9. The van der Waals surface area contributed by atoms with Gasteiger partial charge < -0.3 is 9.80 Å². The Bertz CT molecular complexity index is 850.